The van der Waals surface area contributed by atoms with Gasteiger partial charge in [-0.05, 0) is 79.0 Å². The lowest BCUT2D eigenvalue weighted by molar-refractivity contribution is 0.306. The molecule has 5 rings (SSSR count). The number of fused-ring (bicyclic) bond motifs is 1. The van der Waals surface area contributed by atoms with Gasteiger partial charge in [0.1, 0.15) is 41.8 Å². The van der Waals surface area contributed by atoms with Crippen molar-refractivity contribution in [2.24, 2.45) is 0 Å². The van der Waals surface area contributed by atoms with E-state index < -0.39 is 0 Å². The molecule has 0 bridgehead atoms. The number of nitrogens with one attached hydrogen (secondary N) is 2. The number of ether oxygens (including phenoxy) is 1. The molecule has 1 atom stereocenters. The Morgan fingerprint density at radius 3 is 2.74 bits per heavy atom. The summed E-state index contributed by atoms with van der Waals surface area (Å²) in [5.41, 5.74) is 3.21. The monoisotopic (exact) mass is 562 g/mol. The van der Waals surface area contributed by atoms with Crippen LogP contribution < -0.4 is 15.4 Å². The number of hydrogen-bond donors (Lipinski definition) is 2. The van der Waals surface area contributed by atoms with E-state index in [0.29, 0.717) is 16.6 Å². The zero-order valence-electron chi connectivity index (χ0n) is 21.6. The van der Waals surface area contributed by atoms with Crippen molar-refractivity contribution >= 4 is 45.8 Å². The summed E-state index contributed by atoms with van der Waals surface area (Å²) in [4.78, 5) is 8.90. The van der Waals surface area contributed by atoms with Crippen LogP contribution in [0.25, 0.3) is 22.2 Å². The van der Waals surface area contributed by atoms with Gasteiger partial charge in [0.2, 0.25) is 0 Å². The molecule has 39 heavy (non-hydrogen) atoms. The van der Waals surface area contributed by atoms with Crippen molar-refractivity contribution < 1.29 is 13.5 Å². The van der Waals surface area contributed by atoms with Crippen LogP contribution >= 0.6 is 23.4 Å². The SMILES string of the molecule is CCN[C@H](CSC)c1ccc(-c2ccc3ncnc(Nc4ccc(OCc5cccc(F)c5)c(Cl)c4)c3c2)o1. The van der Waals surface area contributed by atoms with Crippen molar-refractivity contribution in [3.63, 3.8) is 0 Å². The Hall–Kier alpha value is -3.59. The fraction of sp³-hybridized carbons (Fsp3) is 0.200. The van der Waals surface area contributed by atoms with E-state index in [1.807, 2.05) is 36.4 Å². The molecule has 9 heteroatoms. The Labute approximate surface area is 236 Å². The molecule has 0 amide bonds. The minimum Gasteiger partial charge on any atom is -0.487 e. The second-order valence-corrected chi connectivity index (χ2v) is 10.2. The van der Waals surface area contributed by atoms with Crippen LogP contribution in [0.3, 0.4) is 0 Å². The molecule has 2 N–H and O–H groups in total. The third kappa shape index (κ3) is 6.53. The summed E-state index contributed by atoms with van der Waals surface area (Å²) < 4.78 is 25.5. The highest BCUT2D eigenvalue weighted by molar-refractivity contribution is 7.98. The quantitative estimate of drug-likeness (QED) is 0.169. The number of rotatable bonds is 11. The second kappa shape index (κ2) is 12.5. The Balaban J connectivity index is 1.36. The second-order valence-electron chi connectivity index (χ2n) is 8.91. The van der Waals surface area contributed by atoms with Gasteiger partial charge in [-0.25, -0.2) is 14.4 Å². The number of halogens is 2. The molecule has 0 spiro atoms. The number of benzene rings is 3. The summed E-state index contributed by atoms with van der Waals surface area (Å²) in [5.74, 6) is 3.48. The van der Waals surface area contributed by atoms with Crippen LogP contribution in [0.15, 0.2) is 83.5 Å². The molecule has 3 aromatic carbocycles. The first kappa shape index (κ1) is 27.0. The maximum atomic E-state index is 13.4. The predicted octanol–water partition coefficient (Wildman–Crippen LogP) is 8.02. The van der Waals surface area contributed by atoms with Crippen LogP contribution in [0.4, 0.5) is 15.9 Å². The lowest BCUT2D eigenvalue weighted by Gasteiger charge is -2.14. The molecule has 5 aromatic rings. The van der Waals surface area contributed by atoms with E-state index >= 15 is 0 Å². The maximum absolute atomic E-state index is 13.4. The van der Waals surface area contributed by atoms with Crippen molar-refractivity contribution in [1.82, 2.24) is 15.3 Å². The number of furan rings is 1. The molecule has 0 saturated carbocycles. The van der Waals surface area contributed by atoms with E-state index in [0.717, 1.165) is 51.5 Å². The van der Waals surface area contributed by atoms with Gasteiger partial charge in [-0.3, -0.25) is 0 Å². The summed E-state index contributed by atoms with van der Waals surface area (Å²) in [6.45, 7) is 3.17. The van der Waals surface area contributed by atoms with Crippen LogP contribution in [0.5, 0.6) is 5.75 Å². The summed E-state index contributed by atoms with van der Waals surface area (Å²) in [6, 6.07) is 21.9. The number of aromatic nitrogens is 2. The van der Waals surface area contributed by atoms with Crippen molar-refractivity contribution in [1.29, 1.82) is 0 Å². The first-order valence-electron chi connectivity index (χ1n) is 12.5. The molecule has 2 aromatic heterocycles. The van der Waals surface area contributed by atoms with Gasteiger partial charge in [0.15, 0.2) is 0 Å². The summed E-state index contributed by atoms with van der Waals surface area (Å²) >= 11 is 8.28. The highest BCUT2D eigenvalue weighted by Crippen LogP contribution is 2.33. The minimum atomic E-state index is -0.303. The van der Waals surface area contributed by atoms with Crippen LogP contribution in [0.1, 0.15) is 24.3 Å². The zero-order valence-corrected chi connectivity index (χ0v) is 23.2. The maximum Gasteiger partial charge on any atom is 0.141 e. The summed E-state index contributed by atoms with van der Waals surface area (Å²) in [6.07, 6.45) is 3.61. The average Bonchev–Trinajstić information content (AvgIpc) is 3.43. The predicted molar refractivity (Wildman–Crippen MR) is 158 cm³/mol. The molecule has 0 fully saturated rings. The van der Waals surface area contributed by atoms with E-state index in [2.05, 4.69) is 33.8 Å². The molecule has 0 aliphatic carbocycles. The smallest absolute Gasteiger partial charge is 0.141 e. The Kier molecular flexibility index (Phi) is 8.66. The largest absolute Gasteiger partial charge is 0.487 e. The molecule has 0 saturated heterocycles. The Morgan fingerprint density at radius 2 is 1.95 bits per heavy atom. The summed E-state index contributed by atoms with van der Waals surface area (Å²) in [5, 5.41) is 8.11. The lowest BCUT2D eigenvalue weighted by atomic mass is 10.1. The van der Waals surface area contributed by atoms with E-state index in [1.165, 1.54) is 18.5 Å². The van der Waals surface area contributed by atoms with Gasteiger partial charge in [0, 0.05) is 22.4 Å². The molecule has 0 radical (unpaired) electrons. The number of nitrogens with zero attached hydrogens (tertiary/aromatic N) is 2. The van der Waals surface area contributed by atoms with Gasteiger partial charge in [-0.2, -0.15) is 11.8 Å². The topological polar surface area (TPSA) is 72.2 Å². The van der Waals surface area contributed by atoms with E-state index in [9.17, 15) is 4.39 Å². The lowest BCUT2D eigenvalue weighted by Crippen LogP contribution is -2.22. The van der Waals surface area contributed by atoms with E-state index in [1.54, 1.807) is 36.0 Å². The average molecular weight is 563 g/mol. The standard InChI is InChI=1S/C30H28ClFN4O2S/c1-3-33-26(17-39-2)29-12-11-27(38-29)20-7-9-25-23(14-20)30(35-18-34-25)36-22-8-10-28(24(31)15-22)37-16-19-5-4-6-21(32)13-19/h4-15,18,26,33H,3,16-17H2,1-2H3,(H,34,35,36)/t26-/m1/s1. The van der Waals surface area contributed by atoms with E-state index in [-0.39, 0.29) is 18.5 Å². The number of anilines is 2. The first-order valence-corrected chi connectivity index (χ1v) is 14.3. The molecule has 0 aliphatic rings. The normalized spacial score (nSPS) is 12.0. The van der Waals surface area contributed by atoms with Crippen molar-refractivity contribution in [3.05, 3.63) is 101 Å². The minimum absolute atomic E-state index is 0.158. The van der Waals surface area contributed by atoms with Crippen LogP contribution in [-0.2, 0) is 6.61 Å². The highest BCUT2D eigenvalue weighted by atomic mass is 35.5. The van der Waals surface area contributed by atoms with Crippen LogP contribution in [0, 0.1) is 5.82 Å². The van der Waals surface area contributed by atoms with Crippen molar-refractivity contribution in [2.75, 3.05) is 23.9 Å². The number of thioether (sulfide) groups is 1. The highest BCUT2D eigenvalue weighted by Gasteiger charge is 2.16. The number of hydrogen-bond acceptors (Lipinski definition) is 7. The first-order chi connectivity index (χ1) is 19.0. The van der Waals surface area contributed by atoms with Gasteiger partial charge in [-0.1, -0.05) is 30.7 Å². The molecular weight excluding hydrogens is 535 g/mol. The van der Waals surface area contributed by atoms with Gasteiger partial charge in [0.25, 0.3) is 0 Å². The van der Waals surface area contributed by atoms with Crippen molar-refractivity contribution in [3.8, 4) is 17.1 Å². The Bertz CT molecular complexity index is 1570. The van der Waals surface area contributed by atoms with Gasteiger partial charge in [0.05, 0.1) is 16.6 Å². The van der Waals surface area contributed by atoms with Gasteiger partial charge >= 0.3 is 0 Å². The van der Waals surface area contributed by atoms with Crippen LogP contribution in [-0.4, -0.2) is 28.5 Å². The molecule has 6 nitrogen and oxygen atoms in total. The fourth-order valence-electron chi connectivity index (χ4n) is 4.28. The molecule has 0 unspecified atom stereocenters. The molecular formula is C30H28ClFN4O2S. The van der Waals surface area contributed by atoms with Crippen molar-refractivity contribution in [2.45, 2.75) is 19.6 Å². The van der Waals surface area contributed by atoms with Gasteiger partial charge < -0.3 is 19.8 Å². The third-order valence-electron chi connectivity index (χ3n) is 6.15. The summed E-state index contributed by atoms with van der Waals surface area (Å²) in [7, 11) is 0. The third-order valence-corrected chi connectivity index (χ3v) is 7.11. The Morgan fingerprint density at radius 1 is 1.05 bits per heavy atom. The molecule has 0 aliphatic heterocycles. The van der Waals surface area contributed by atoms with Gasteiger partial charge in [-0.15, -0.1) is 0 Å². The molecule has 200 valence electrons. The molecule has 2 heterocycles. The zero-order chi connectivity index (χ0) is 27.2. The van der Waals surface area contributed by atoms with Crippen LogP contribution in [0.2, 0.25) is 5.02 Å². The fourth-order valence-corrected chi connectivity index (χ4v) is 5.13. The van der Waals surface area contributed by atoms with E-state index in [4.69, 9.17) is 20.8 Å².